The van der Waals surface area contributed by atoms with E-state index in [0.717, 1.165) is 32.5 Å². The highest BCUT2D eigenvalue weighted by Crippen LogP contribution is 2.32. The minimum atomic E-state index is -0.0716. The maximum atomic E-state index is 12.0. The van der Waals surface area contributed by atoms with Crippen molar-refractivity contribution in [3.8, 4) is 0 Å². The highest BCUT2D eigenvalue weighted by atomic mass is 32.2. The zero-order valence-corrected chi connectivity index (χ0v) is 14.3. The van der Waals surface area contributed by atoms with Crippen LogP contribution in [-0.2, 0) is 11.2 Å². The molecule has 0 aromatic carbocycles. The van der Waals surface area contributed by atoms with Crippen LogP contribution in [0.25, 0.3) is 0 Å². The number of thioether (sulfide) groups is 1. The fourth-order valence-corrected chi connectivity index (χ4v) is 4.00. The minimum absolute atomic E-state index is 0.0716. The van der Waals surface area contributed by atoms with Gasteiger partial charge in [-0.15, -0.1) is 0 Å². The second-order valence-corrected chi connectivity index (χ2v) is 7.62. The van der Waals surface area contributed by atoms with Crippen molar-refractivity contribution >= 4 is 29.1 Å². The van der Waals surface area contributed by atoms with Crippen LogP contribution in [0.5, 0.6) is 0 Å². The van der Waals surface area contributed by atoms with E-state index in [1.807, 2.05) is 18.7 Å². The number of ether oxygens (including phenoxy) is 1. The smallest absolute Gasteiger partial charge is 0.315 e. The average Bonchev–Trinajstić information content (AvgIpc) is 2.99. The third kappa shape index (κ3) is 5.20. The molecular formula is C15H24N2O2S2. The Balaban J connectivity index is 1.73. The second kappa shape index (κ2) is 8.06. The van der Waals surface area contributed by atoms with Gasteiger partial charge in [0.25, 0.3) is 0 Å². The molecule has 4 nitrogen and oxygen atoms in total. The van der Waals surface area contributed by atoms with Crippen LogP contribution in [0, 0.1) is 0 Å². The Morgan fingerprint density at radius 3 is 2.90 bits per heavy atom. The first-order valence-electron chi connectivity index (χ1n) is 7.32. The van der Waals surface area contributed by atoms with Gasteiger partial charge in [-0.2, -0.15) is 23.1 Å². The normalized spacial score (nSPS) is 19.0. The number of carbonyl (C=O) groups excluding carboxylic acids is 1. The number of urea groups is 1. The number of thiophene rings is 1. The summed E-state index contributed by atoms with van der Waals surface area (Å²) in [5.41, 5.74) is 1.28. The molecular weight excluding hydrogens is 304 g/mol. The van der Waals surface area contributed by atoms with Gasteiger partial charge in [0.05, 0.1) is 0 Å². The van der Waals surface area contributed by atoms with Crippen molar-refractivity contribution < 1.29 is 9.53 Å². The number of nitrogens with one attached hydrogen (secondary N) is 2. The minimum Gasteiger partial charge on any atom is -0.381 e. The number of hydrogen-bond acceptors (Lipinski definition) is 4. The van der Waals surface area contributed by atoms with Crippen LogP contribution in [-0.4, -0.2) is 42.8 Å². The Labute approximate surface area is 135 Å². The fourth-order valence-electron chi connectivity index (χ4n) is 2.53. The molecule has 0 saturated carbocycles. The summed E-state index contributed by atoms with van der Waals surface area (Å²) in [6.07, 6.45) is 4.99. The molecule has 2 amide bonds. The monoisotopic (exact) mass is 328 g/mol. The van der Waals surface area contributed by atoms with Gasteiger partial charge in [-0.25, -0.2) is 4.79 Å². The third-order valence-electron chi connectivity index (χ3n) is 3.91. The summed E-state index contributed by atoms with van der Waals surface area (Å²) in [7, 11) is 0. The molecule has 1 fully saturated rings. The molecule has 2 heterocycles. The van der Waals surface area contributed by atoms with Crippen LogP contribution in [0.4, 0.5) is 4.79 Å². The van der Waals surface area contributed by atoms with Crippen LogP contribution in [0.1, 0.15) is 25.3 Å². The molecule has 1 saturated heterocycles. The van der Waals surface area contributed by atoms with E-state index in [0.29, 0.717) is 6.54 Å². The second-order valence-electron chi connectivity index (χ2n) is 5.56. The van der Waals surface area contributed by atoms with Gasteiger partial charge >= 0.3 is 6.03 Å². The zero-order chi connectivity index (χ0) is 15.1. The Bertz CT molecular complexity index is 431. The summed E-state index contributed by atoms with van der Waals surface area (Å²) in [5.74, 6) is 0. The lowest BCUT2D eigenvalue weighted by Crippen LogP contribution is -2.49. The van der Waals surface area contributed by atoms with Crippen molar-refractivity contribution in [1.82, 2.24) is 10.6 Å². The lowest BCUT2D eigenvalue weighted by Gasteiger charge is -2.35. The number of rotatable bonds is 6. The molecule has 1 aromatic heterocycles. The predicted octanol–water partition coefficient (Wildman–Crippen LogP) is 2.89. The highest BCUT2D eigenvalue weighted by Gasteiger charge is 2.32. The fraction of sp³-hybridized carbons (Fsp3) is 0.667. The SMILES string of the molecule is CSC1(CNC(=O)NC(C)Cc2ccsc2)CCOCC1. The quantitative estimate of drug-likeness (QED) is 0.844. The van der Waals surface area contributed by atoms with Gasteiger partial charge in [0.15, 0.2) is 0 Å². The Morgan fingerprint density at radius 1 is 1.52 bits per heavy atom. The molecule has 2 rings (SSSR count). The van der Waals surface area contributed by atoms with E-state index in [-0.39, 0.29) is 16.8 Å². The van der Waals surface area contributed by atoms with Gasteiger partial charge in [0, 0.05) is 30.5 Å². The molecule has 0 bridgehead atoms. The van der Waals surface area contributed by atoms with Crippen molar-refractivity contribution in [3.63, 3.8) is 0 Å². The van der Waals surface area contributed by atoms with Crippen molar-refractivity contribution in [2.24, 2.45) is 0 Å². The third-order valence-corrected chi connectivity index (χ3v) is 6.06. The van der Waals surface area contributed by atoms with E-state index in [4.69, 9.17) is 4.74 Å². The van der Waals surface area contributed by atoms with Gasteiger partial charge in [0.1, 0.15) is 0 Å². The summed E-state index contributed by atoms with van der Waals surface area (Å²) >= 11 is 3.53. The molecule has 6 heteroatoms. The van der Waals surface area contributed by atoms with Crippen molar-refractivity contribution in [2.45, 2.75) is 37.0 Å². The number of amides is 2. The van der Waals surface area contributed by atoms with E-state index in [1.165, 1.54) is 5.56 Å². The maximum absolute atomic E-state index is 12.0. The average molecular weight is 329 g/mol. The Hall–Kier alpha value is -0.720. The zero-order valence-electron chi connectivity index (χ0n) is 12.7. The lowest BCUT2D eigenvalue weighted by atomic mass is 9.99. The first-order valence-corrected chi connectivity index (χ1v) is 9.49. The van der Waals surface area contributed by atoms with Crippen molar-refractivity contribution in [3.05, 3.63) is 22.4 Å². The standard InChI is InChI=1S/C15H24N2O2S2/c1-12(9-13-3-8-21-10-13)17-14(18)16-11-15(20-2)4-6-19-7-5-15/h3,8,10,12H,4-7,9,11H2,1-2H3,(H2,16,17,18). The number of carbonyl (C=O) groups is 1. The van der Waals surface area contributed by atoms with Crippen LogP contribution in [0.3, 0.4) is 0 Å². The largest absolute Gasteiger partial charge is 0.381 e. The van der Waals surface area contributed by atoms with Crippen LogP contribution >= 0.6 is 23.1 Å². The molecule has 1 aromatic rings. The molecule has 0 aliphatic carbocycles. The van der Waals surface area contributed by atoms with Gasteiger partial charge < -0.3 is 15.4 Å². The topological polar surface area (TPSA) is 50.4 Å². The van der Waals surface area contributed by atoms with Gasteiger partial charge in [0.2, 0.25) is 0 Å². The lowest BCUT2D eigenvalue weighted by molar-refractivity contribution is 0.0777. The van der Waals surface area contributed by atoms with Gasteiger partial charge in [-0.3, -0.25) is 0 Å². The molecule has 21 heavy (non-hydrogen) atoms. The van der Waals surface area contributed by atoms with E-state index in [1.54, 1.807) is 11.3 Å². The van der Waals surface area contributed by atoms with E-state index < -0.39 is 0 Å². The molecule has 1 atom stereocenters. The van der Waals surface area contributed by atoms with E-state index in [2.05, 4.69) is 33.7 Å². The van der Waals surface area contributed by atoms with E-state index >= 15 is 0 Å². The molecule has 0 spiro atoms. The molecule has 1 aliphatic rings. The Morgan fingerprint density at radius 2 is 2.29 bits per heavy atom. The predicted molar refractivity (Wildman–Crippen MR) is 90.3 cm³/mol. The van der Waals surface area contributed by atoms with Gasteiger partial charge in [-0.05, 0) is 54.8 Å². The molecule has 0 radical (unpaired) electrons. The first kappa shape index (κ1) is 16.6. The van der Waals surface area contributed by atoms with Crippen LogP contribution < -0.4 is 10.6 Å². The Kier molecular flexibility index (Phi) is 6.39. The summed E-state index contributed by atoms with van der Waals surface area (Å²) in [5, 5.41) is 10.2. The van der Waals surface area contributed by atoms with Crippen molar-refractivity contribution in [2.75, 3.05) is 26.0 Å². The van der Waals surface area contributed by atoms with Crippen LogP contribution in [0.2, 0.25) is 0 Å². The molecule has 2 N–H and O–H groups in total. The summed E-state index contributed by atoms with van der Waals surface area (Å²) in [4.78, 5) is 12.0. The van der Waals surface area contributed by atoms with Crippen LogP contribution in [0.15, 0.2) is 16.8 Å². The maximum Gasteiger partial charge on any atom is 0.315 e. The number of hydrogen-bond donors (Lipinski definition) is 2. The van der Waals surface area contributed by atoms with E-state index in [9.17, 15) is 4.79 Å². The first-order chi connectivity index (χ1) is 10.1. The summed E-state index contributed by atoms with van der Waals surface area (Å²) in [6, 6.07) is 2.17. The molecule has 1 unspecified atom stereocenters. The van der Waals surface area contributed by atoms with Gasteiger partial charge in [-0.1, -0.05) is 0 Å². The molecule has 118 valence electrons. The van der Waals surface area contributed by atoms with Crippen molar-refractivity contribution in [1.29, 1.82) is 0 Å². The summed E-state index contributed by atoms with van der Waals surface area (Å²) < 4.78 is 5.55. The molecule has 1 aliphatic heterocycles. The summed E-state index contributed by atoms with van der Waals surface area (Å²) in [6.45, 7) is 4.32. The highest BCUT2D eigenvalue weighted by molar-refractivity contribution is 8.00.